The number of unbranched alkanes of at least 4 members (excludes halogenated alkanes) is 30. The van der Waals surface area contributed by atoms with Crippen molar-refractivity contribution < 1.29 is 47.8 Å². The van der Waals surface area contributed by atoms with Gasteiger partial charge in [-0.2, -0.15) is 0 Å². The third-order valence-corrected chi connectivity index (χ3v) is 11.6. The predicted molar refractivity (Wildman–Crippen MR) is 238 cm³/mol. The molecule has 3 N–H and O–H groups in total. The summed E-state index contributed by atoms with van der Waals surface area (Å²) in [5.41, 5.74) is 0. The highest BCUT2D eigenvalue weighted by molar-refractivity contribution is 7.47. The van der Waals surface area contributed by atoms with Crippen molar-refractivity contribution >= 4 is 19.8 Å². The normalized spacial score (nSPS) is 13.8. The van der Waals surface area contributed by atoms with Gasteiger partial charge in [0.25, 0.3) is 0 Å². The second-order valence-electron chi connectivity index (χ2n) is 16.5. The summed E-state index contributed by atoms with van der Waals surface area (Å²) in [5, 5.41) is 18.4. The molecule has 0 aromatic heterocycles. The minimum Gasteiger partial charge on any atom is -0.462 e. The van der Waals surface area contributed by atoms with E-state index >= 15 is 0 Å². The molecule has 3 atom stereocenters. The molecule has 0 aliphatic heterocycles. The van der Waals surface area contributed by atoms with Gasteiger partial charge in [-0.15, -0.1) is 0 Å². The number of carbonyl (C=O) groups is 2. The average Bonchev–Trinajstić information content (AvgIpc) is 3.21. The van der Waals surface area contributed by atoms with Crippen LogP contribution in [0.1, 0.15) is 239 Å². The smallest absolute Gasteiger partial charge is 0.462 e. The predicted octanol–water partition coefficient (Wildman–Crippen LogP) is 13.2. The number of aliphatic hydroxyl groups excluding tert-OH is 2. The molecule has 0 aromatic carbocycles. The lowest BCUT2D eigenvalue weighted by atomic mass is 10.0. The zero-order valence-corrected chi connectivity index (χ0v) is 38.4. The highest BCUT2D eigenvalue weighted by Gasteiger charge is 2.27. The van der Waals surface area contributed by atoms with Crippen LogP contribution in [-0.2, 0) is 32.7 Å². The molecule has 344 valence electrons. The third-order valence-electron chi connectivity index (χ3n) is 10.7. The lowest BCUT2D eigenvalue weighted by molar-refractivity contribution is -0.161. The molecule has 10 nitrogen and oxygen atoms in total. The number of esters is 2. The second kappa shape index (κ2) is 43.8. The first-order valence-corrected chi connectivity index (χ1v) is 25.6. The van der Waals surface area contributed by atoms with Crippen LogP contribution in [0.4, 0.5) is 0 Å². The van der Waals surface area contributed by atoms with Crippen molar-refractivity contribution in [2.75, 3.05) is 26.4 Å². The minimum absolute atomic E-state index is 0.189. The Morgan fingerprint density at radius 1 is 0.500 bits per heavy atom. The Kier molecular flexibility index (Phi) is 42.8. The molecule has 0 saturated heterocycles. The van der Waals surface area contributed by atoms with Gasteiger partial charge in [0.05, 0.1) is 19.8 Å². The molecule has 0 rings (SSSR count). The highest BCUT2D eigenvalue weighted by atomic mass is 31.2. The summed E-state index contributed by atoms with van der Waals surface area (Å²) < 4.78 is 32.8. The Bertz CT molecular complexity index is 977. The first-order chi connectivity index (χ1) is 28.2. The van der Waals surface area contributed by atoms with Crippen LogP contribution in [-0.4, -0.2) is 65.7 Å². The Labute approximate surface area is 356 Å². The molecule has 11 heteroatoms. The van der Waals surface area contributed by atoms with Crippen LogP contribution in [0.3, 0.4) is 0 Å². The average molecular weight is 847 g/mol. The molecular formula is C47H91O10P. The van der Waals surface area contributed by atoms with Gasteiger partial charge in [-0.3, -0.25) is 18.6 Å². The summed E-state index contributed by atoms with van der Waals surface area (Å²) in [6, 6.07) is 0. The second-order valence-corrected chi connectivity index (χ2v) is 17.9. The van der Waals surface area contributed by atoms with Gasteiger partial charge in [-0.25, -0.2) is 4.57 Å². The van der Waals surface area contributed by atoms with Crippen LogP contribution in [0, 0.1) is 0 Å². The first-order valence-electron chi connectivity index (χ1n) is 24.1. The third kappa shape index (κ3) is 42.8. The Morgan fingerprint density at radius 2 is 0.845 bits per heavy atom. The van der Waals surface area contributed by atoms with Gasteiger partial charge >= 0.3 is 19.8 Å². The molecule has 0 spiro atoms. The Balaban J connectivity index is 4.20. The van der Waals surface area contributed by atoms with Gasteiger partial charge in [-0.05, 0) is 38.5 Å². The van der Waals surface area contributed by atoms with E-state index in [-0.39, 0.29) is 19.4 Å². The van der Waals surface area contributed by atoms with Crippen molar-refractivity contribution in [3.63, 3.8) is 0 Å². The molecule has 0 bridgehead atoms. The van der Waals surface area contributed by atoms with Gasteiger partial charge < -0.3 is 24.6 Å². The number of aliphatic hydroxyl groups is 2. The topological polar surface area (TPSA) is 149 Å². The number of hydrogen-bond donors (Lipinski definition) is 3. The van der Waals surface area contributed by atoms with E-state index in [2.05, 4.69) is 26.0 Å². The SMILES string of the molecule is CCCCCCCCC/C=C\CCCCCCCC(=O)OC[C@H](COP(=O)(O)OC[C@@H](O)CO)OC(=O)CCCCCCCCCCCCCCCCCCCCC. The fourth-order valence-electron chi connectivity index (χ4n) is 6.93. The van der Waals surface area contributed by atoms with E-state index in [1.807, 2.05) is 0 Å². The summed E-state index contributed by atoms with van der Waals surface area (Å²) in [5.74, 6) is -0.920. The molecule has 0 aliphatic carbocycles. The van der Waals surface area contributed by atoms with Crippen LogP contribution in [0.2, 0.25) is 0 Å². The minimum atomic E-state index is -4.62. The maximum atomic E-state index is 12.7. The molecule has 0 heterocycles. The zero-order valence-electron chi connectivity index (χ0n) is 37.5. The van der Waals surface area contributed by atoms with Crippen molar-refractivity contribution in [3.05, 3.63) is 12.2 Å². The van der Waals surface area contributed by atoms with E-state index in [9.17, 15) is 24.2 Å². The lowest BCUT2D eigenvalue weighted by Gasteiger charge is -2.20. The van der Waals surface area contributed by atoms with Crippen LogP contribution in [0.5, 0.6) is 0 Å². The van der Waals surface area contributed by atoms with Gasteiger partial charge in [0.15, 0.2) is 6.10 Å². The number of rotatable bonds is 46. The number of hydrogen-bond acceptors (Lipinski definition) is 9. The lowest BCUT2D eigenvalue weighted by Crippen LogP contribution is -2.29. The molecule has 0 radical (unpaired) electrons. The van der Waals surface area contributed by atoms with Crippen molar-refractivity contribution in [2.24, 2.45) is 0 Å². The van der Waals surface area contributed by atoms with Gasteiger partial charge in [0, 0.05) is 12.8 Å². The number of carbonyl (C=O) groups excluding carboxylic acids is 2. The molecule has 0 amide bonds. The van der Waals surface area contributed by atoms with Crippen LogP contribution in [0.15, 0.2) is 12.2 Å². The van der Waals surface area contributed by atoms with E-state index in [0.717, 1.165) is 51.4 Å². The number of allylic oxidation sites excluding steroid dienone is 2. The summed E-state index contributed by atoms with van der Waals surface area (Å²) in [7, 11) is -4.62. The maximum absolute atomic E-state index is 12.7. The van der Waals surface area contributed by atoms with E-state index < -0.39 is 51.8 Å². The fourth-order valence-corrected chi connectivity index (χ4v) is 7.72. The molecule has 0 aliphatic rings. The van der Waals surface area contributed by atoms with Crippen molar-refractivity contribution in [2.45, 2.75) is 251 Å². The summed E-state index contributed by atoms with van der Waals surface area (Å²) >= 11 is 0. The summed E-state index contributed by atoms with van der Waals surface area (Å²) in [6.45, 7) is 2.42. The van der Waals surface area contributed by atoms with Crippen LogP contribution in [0.25, 0.3) is 0 Å². The Hall–Kier alpha value is -1.29. The van der Waals surface area contributed by atoms with Crippen molar-refractivity contribution in [1.82, 2.24) is 0 Å². The Morgan fingerprint density at radius 3 is 1.24 bits per heavy atom. The van der Waals surface area contributed by atoms with E-state index in [1.54, 1.807) is 0 Å². The number of phosphoric acid groups is 1. The highest BCUT2D eigenvalue weighted by Crippen LogP contribution is 2.43. The monoisotopic (exact) mass is 847 g/mol. The fraction of sp³-hybridized carbons (Fsp3) is 0.915. The molecule has 58 heavy (non-hydrogen) atoms. The summed E-state index contributed by atoms with van der Waals surface area (Å²) in [6.07, 6.45) is 43.2. The van der Waals surface area contributed by atoms with Crippen molar-refractivity contribution in [3.8, 4) is 0 Å². The first kappa shape index (κ1) is 56.7. The standard InChI is InChI=1S/C47H91O10P/c1-3-5-7-9-11-13-15-17-19-21-22-23-25-27-29-31-33-35-37-39-47(51)57-45(43-56-58(52,53)55-41-44(49)40-48)42-54-46(50)38-36-34-32-30-28-26-24-20-18-16-14-12-10-8-6-4-2/h20,24,44-45,48-49H,3-19,21-23,25-43H2,1-2H3,(H,52,53)/b24-20-/t44-,45+/m0/s1. The van der Waals surface area contributed by atoms with Crippen LogP contribution >= 0.6 is 7.82 Å². The molecule has 0 saturated carbocycles. The quantitative estimate of drug-likeness (QED) is 0.0234. The van der Waals surface area contributed by atoms with E-state index in [4.69, 9.17) is 23.6 Å². The van der Waals surface area contributed by atoms with Gasteiger partial charge in [-0.1, -0.05) is 199 Å². The maximum Gasteiger partial charge on any atom is 0.472 e. The molecule has 0 aromatic rings. The van der Waals surface area contributed by atoms with Gasteiger partial charge in [0.2, 0.25) is 0 Å². The number of phosphoric ester groups is 1. The zero-order chi connectivity index (χ0) is 42.6. The molecule has 0 fully saturated rings. The summed E-state index contributed by atoms with van der Waals surface area (Å²) in [4.78, 5) is 35.1. The van der Waals surface area contributed by atoms with Crippen LogP contribution < -0.4 is 0 Å². The van der Waals surface area contributed by atoms with Gasteiger partial charge in [0.1, 0.15) is 12.7 Å². The largest absolute Gasteiger partial charge is 0.472 e. The number of ether oxygens (including phenoxy) is 2. The molecular weight excluding hydrogens is 755 g/mol. The molecule has 1 unspecified atom stereocenters. The van der Waals surface area contributed by atoms with E-state index in [0.29, 0.717) is 12.8 Å². The van der Waals surface area contributed by atoms with E-state index in [1.165, 1.54) is 148 Å². The van der Waals surface area contributed by atoms with Crippen molar-refractivity contribution in [1.29, 1.82) is 0 Å².